The second kappa shape index (κ2) is 10.9. The first-order chi connectivity index (χ1) is 14.5. The van der Waals surface area contributed by atoms with E-state index in [2.05, 4.69) is 10.2 Å². The molecule has 1 fully saturated rings. The number of hydrogen-bond donors (Lipinski definition) is 2. The van der Waals surface area contributed by atoms with Gasteiger partial charge >= 0.3 is 5.97 Å². The fraction of sp³-hybridized carbons (Fsp3) is 0.478. The number of carbonyl (C=O) groups is 2. The van der Waals surface area contributed by atoms with Gasteiger partial charge in [0.1, 0.15) is 11.6 Å². The number of nitrogens with zero attached hydrogens (tertiary/aromatic N) is 1. The molecule has 1 saturated heterocycles. The Balaban J connectivity index is 1.64. The zero-order valence-corrected chi connectivity index (χ0v) is 17.1. The van der Waals surface area contributed by atoms with E-state index in [0.717, 1.165) is 31.7 Å². The lowest BCUT2D eigenvalue weighted by Crippen LogP contribution is -2.39. The summed E-state index contributed by atoms with van der Waals surface area (Å²) in [4.78, 5) is 26.3. The van der Waals surface area contributed by atoms with Crippen LogP contribution in [0.5, 0.6) is 0 Å². The third kappa shape index (κ3) is 6.42. The molecule has 30 heavy (non-hydrogen) atoms. The number of carboxylic acid groups (broad SMARTS) is 1. The van der Waals surface area contributed by atoms with Crippen LogP contribution < -0.4 is 5.32 Å². The Labute approximate surface area is 176 Å². The molecule has 2 heterocycles. The third-order valence-corrected chi connectivity index (χ3v) is 5.64. The maximum absolute atomic E-state index is 13.2. The van der Waals surface area contributed by atoms with Crippen molar-refractivity contribution in [2.75, 3.05) is 19.6 Å². The second-order valence-corrected chi connectivity index (χ2v) is 7.84. The average molecular weight is 416 g/mol. The van der Waals surface area contributed by atoms with Gasteiger partial charge in [-0.25, -0.2) is 4.39 Å². The van der Waals surface area contributed by atoms with E-state index in [1.807, 2.05) is 12.1 Å². The fourth-order valence-electron chi connectivity index (χ4n) is 4.06. The van der Waals surface area contributed by atoms with Crippen molar-refractivity contribution in [3.63, 3.8) is 0 Å². The van der Waals surface area contributed by atoms with E-state index in [0.29, 0.717) is 12.1 Å². The minimum atomic E-state index is -0.991. The van der Waals surface area contributed by atoms with E-state index in [1.54, 1.807) is 18.4 Å². The number of hydrogen-bond acceptors (Lipinski definition) is 4. The maximum atomic E-state index is 13.2. The predicted octanol–water partition coefficient (Wildman–Crippen LogP) is 4.10. The summed E-state index contributed by atoms with van der Waals surface area (Å²) < 4.78 is 18.8. The van der Waals surface area contributed by atoms with Crippen LogP contribution in [-0.4, -0.2) is 41.5 Å². The smallest absolute Gasteiger partial charge is 0.303 e. The lowest BCUT2D eigenvalue weighted by atomic mass is 9.92. The number of amides is 1. The fourth-order valence-corrected chi connectivity index (χ4v) is 4.06. The Bertz CT molecular complexity index is 799. The first kappa shape index (κ1) is 22.0. The number of aliphatic carboxylic acids is 1. The Kier molecular flexibility index (Phi) is 8.02. The van der Waals surface area contributed by atoms with Crippen molar-refractivity contribution < 1.29 is 23.5 Å². The Hall–Kier alpha value is -2.67. The van der Waals surface area contributed by atoms with Crippen LogP contribution in [0.3, 0.4) is 0 Å². The average Bonchev–Trinajstić information content (AvgIpc) is 3.11. The molecule has 0 spiro atoms. The Morgan fingerprint density at radius 1 is 1.07 bits per heavy atom. The summed E-state index contributed by atoms with van der Waals surface area (Å²) in [6.45, 7) is 2.31. The molecule has 6 nitrogen and oxygen atoms in total. The van der Waals surface area contributed by atoms with Crippen molar-refractivity contribution in [1.29, 1.82) is 0 Å². The van der Waals surface area contributed by atoms with Crippen LogP contribution in [0.2, 0.25) is 0 Å². The third-order valence-electron chi connectivity index (χ3n) is 5.64. The summed E-state index contributed by atoms with van der Waals surface area (Å²) >= 11 is 0. The number of benzene rings is 1. The quantitative estimate of drug-likeness (QED) is 0.643. The summed E-state index contributed by atoms with van der Waals surface area (Å²) in [7, 11) is 0. The molecule has 0 saturated carbocycles. The van der Waals surface area contributed by atoms with Gasteiger partial charge in [0.2, 0.25) is 5.91 Å². The number of carboxylic acids is 1. The lowest BCUT2D eigenvalue weighted by molar-refractivity contribution is -0.137. The predicted molar refractivity (Wildman–Crippen MR) is 111 cm³/mol. The molecule has 1 aromatic heterocycles. The highest BCUT2D eigenvalue weighted by Crippen LogP contribution is 2.26. The normalized spacial score (nSPS) is 17.1. The van der Waals surface area contributed by atoms with Gasteiger partial charge in [-0.15, -0.1) is 0 Å². The van der Waals surface area contributed by atoms with Crippen LogP contribution in [0.15, 0.2) is 47.1 Å². The molecular weight excluding hydrogens is 387 g/mol. The van der Waals surface area contributed by atoms with Crippen molar-refractivity contribution in [1.82, 2.24) is 10.2 Å². The van der Waals surface area contributed by atoms with Gasteiger partial charge in [-0.05, 0) is 55.8 Å². The van der Waals surface area contributed by atoms with Gasteiger partial charge in [0.25, 0.3) is 0 Å². The van der Waals surface area contributed by atoms with Gasteiger partial charge in [-0.2, -0.15) is 0 Å². The van der Waals surface area contributed by atoms with Crippen LogP contribution >= 0.6 is 0 Å². The molecule has 1 amide bonds. The molecule has 0 bridgehead atoms. The monoisotopic (exact) mass is 416 g/mol. The topological polar surface area (TPSA) is 82.8 Å². The van der Waals surface area contributed by atoms with Crippen molar-refractivity contribution >= 4 is 11.9 Å². The molecule has 2 aromatic rings. The maximum Gasteiger partial charge on any atom is 0.303 e. The summed E-state index contributed by atoms with van der Waals surface area (Å²) in [5.74, 6) is -1.30. The molecule has 2 N–H and O–H groups in total. The molecule has 3 rings (SSSR count). The van der Waals surface area contributed by atoms with E-state index in [4.69, 9.17) is 4.42 Å². The van der Waals surface area contributed by atoms with Gasteiger partial charge in [0, 0.05) is 18.9 Å². The number of halogens is 1. The highest BCUT2D eigenvalue weighted by molar-refractivity contribution is 5.78. The van der Waals surface area contributed by atoms with Gasteiger partial charge in [0.05, 0.1) is 18.7 Å². The number of likely N-dealkylation sites (tertiary alicyclic amines) is 1. The molecule has 0 aliphatic carbocycles. The zero-order valence-electron chi connectivity index (χ0n) is 17.1. The summed E-state index contributed by atoms with van der Waals surface area (Å²) in [5.41, 5.74) is 0.643. The molecular formula is C23H29FN2O4. The number of rotatable bonds is 9. The lowest BCUT2D eigenvalue weighted by Gasteiger charge is -2.29. The van der Waals surface area contributed by atoms with Gasteiger partial charge in [-0.1, -0.05) is 25.0 Å². The van der Waals surface area contributed by atoms with Crippen molar-refractivity contribution in [2.45, 2.75) is 50.5 Å². The minimum Gasteiger partial charge on any atom is -0.481 e. The van der Waals surface area contributed by atoms with E-state index < -0.39 is 17.7 Å². The van der Waals surface area contributed by atoms with E-state index in [-0.39, 0.29) is 24.8 Å². The summed E-state index contributed by atoms with van der Waals surface area (Å²) in [6, 6.07) is 9.37. The largest absolute Gasteiger partial charge is 0.481 e. The van der Waals surface area contributed by atoms with Crippen molar-refractivity contribution in [2.24, 2.45) is 0 Å². The van der Waals surface area contributed by atoms with Gasteiger partial charge < -0.3 is 14.8 Å². The van der Waals surface area contributed by atoms with E-state index >= 15 is 0 Å². The van der Waals surface area contributed by atoms with Crippen LogP contribution in [0.4, 0.5) is 4.39 Å². The standard InChI is InChI=1S/C23H29FN2O4/c24-19-9-7-17(8-10-19)18(15-23(28)29)14-22(27)25-16-20(21-6-5-13-30-21)26-11-3-1-2-4-12-26/h5-10,13,18,20H,1-4,11-12,14-16H2,(H,25,27)(H,28,29). The van der Waals surface area contributed by atoms with Crippen LogP contribution in [-0.2, 0) is 9.59 Å². The number of carbonyl (C=O) groups excluding carboxylic acids is 1. The van der Waals surface area contributed by atoms with Crippen molar-refractivity contribution in [3.8, 4) is 0 Å². The molecule has 0 radical (unpaired) electrons. The zero-order chi connectivity index (χ0) is 21.3. The van der Waals surface area contributed by atoms with E-state index in [9.17, 15) is 19.1 Å². The SMILES string of the molecule is O=C(O)CC(CC(=O)NCC(c1ccco1)N1CCCCCC1)c1ccc(F)cc1. The highest BCUT2D eigenvalue weighted by atomic mass is 19.1. The number of furan rings is 1. The molecule has 162 valence electrons. The molecule has 7 heteroatoms. The summed E-state index contributed by atoms with van der Waals surface area (Å²) in [6.07, 6.45) is 6.15. The molecule has 1 aliphatic heterocycles. The van der Waals surface area contributed by atoms with Crippen LogP contribution in [0.25, 0.3) is 0 Å². The first-order valence-corrected chi connectivity index (χ1v) is 10.5. The highest BCUT2D eigenvalue weighted by Gasteiger charge is 2.25. The van der Waals surface area contributed by atoms with Crippen molar-refractivity contribution in [3.05, 3.63) is 59.8 Å². The summed E-state index contributed by atoms with van der Waals surface area (Å²) in [5, 5.41) is 12.2. The second-order valence-electron chi connectivity index (χ2n) is 7.84. The molecule has 2 unspecified atom stereocenters. The first-order valence-electron chi connectivity index (χ1n) is 10.5. The van der Waals surface area contributed by atoms with E-state index in [1.165, 1.54) is 25.0 Å². The Morgan fingerprint density at radius 3 is 2.37 bits per heavy atom. The van der Waals surface area contributed by atoms with Crippen LogP contribution in [0.1, 0.15) is 61.8 Å². The van der Waals surface area contributed by atoms with Crippen LogP contribution in [0, 0.1) is 5.82 Å². The molecule has 1 aromatic carbocycles. The van der Waals surface area contributed by atoms with Gasteiger partial charge in [0.15, 0.2) is 0 Å². The minimum absolute atomic E-state index is 0.0306. The number of nitrogens with one attached hydrogen (secondary N) is 1. The van der Waals surface area contributed by atoms with Gasteiger partial charge in [-0.3, -0.25) is 14.5 Å². The molecule has 2 atom stereocenters. The molecule has 1 aliphatic rings. The Morgan fingerprint density at radius 2 is 1.77 bits per heavy atom.